The highest BCUT2D eigenvalue weighted by Crippen LogP contribution is 2.20. The van der Waals surface area contributed by atoms with E-state index in [1.165, 1.54) is 5.56 Å². The number of amides is 1. The number of hydrogen-bond acceptors (Lipinski definition) is 2. The largest absolute Gasteiger partial charge is 0.388 e. The minimum absolute atomic E-state index is 0.00834. The minimum atomic E-state index is 0.00834. The first-order valence-corrected chi connectivity index (χ1v) is 6.66. The lowest BCUT2D eigenvalue weighted by Crippen LogP contribution is -2.26. The van der Waals surface area contributed by atoms with Crippen molar-refractivity contribution in [3.05, 3.63) is 59.2 Å². The molecule has 0 atom stereocenters. The second-order valence-electron chi connectivity index (χ2n) is 4.98. The van der Waals surface area contributed by atoms with E-state index in [9.17, 15) is 4.79 Å². The lowest BCUT2D eigenvalue weighted by Gasteiger charge is -2.19. The van der Waals surface area contributed by atoms with Crippen LogP contribution in [0.15, 0.2) is 42.5 Å². The zero-order chi connectivity index (χ0) is 14.7. The molecule has 1 amide bonds. The number of anilines is 2. The second kappa shape index (κ2) is 5.78. The van der Waals surface area contributed by atoms with Gasteiger partial charge in [0.2, 0.25) is 0 Å². The third-order valence-electron chi connectivity index (χ3n) is 3.47. The van der Waals surface area contributed by atoms with E-state index in [1.54, 1.807) is 11.9 Å². The summed E-state index contributed by atoms with van der Waals surface area (Å²) in [6.45, 7) is 3.99. The monoisotopic (exact) mass is 268 g/mol. The van der Waals surface area contributed by atoms with E-state index < -0.39 is 0 Å². The molecular weight excluding hydrogens is 248 g/mol. The minimum Gasteiger partial charge on any atom is -0.388 e. The Morgan fingerprint density at radius 2 is 1.70 bits per heavy atom. The number of benzene rings is 2. The average Bonchev–Trinajstić information content (AvgIpc) is 2.46. The van der Waals surface area contributed by atoms with Gasteiger partial charge in [-0.3, -0.25) is 4.79 Å². The molecule has 3 nitrogen and oxygen atoms in total. The number of aryl methyl sites for hydroxylation is 2. The Hall–Kier alpha value is -2.29. The predicted molar refractivity (Wildman–Crippen MR) is 84.6 cm³/mol. The van der Waals surface area contributed by atoms with Crippen LogP contribution in [0.5, 0.6) is 0 Å². The van der Waals surface area contributed by atoms with E-state index >= 15 is 0 Å². The summed E-state index contributed by atoms with van der Waals surface area (Å²) in [7, 11) is 3.67. The van der Waals surface area contributed by atoms with Gasteiger partial charge in [0.25, 0.3) is 5.91 Å². The summed E-state index contributed by atoms with van der Waals surface area (Å²) >= 11 is 0. The molecule has 0 unspecified atom stereocenters. The molecule has 0 aliphatic rings. The third kappa shape index (κ3) is 2.82. The van der Waals surface area contributed by atoms with Crippen molar-refractivity contribution in [1.29, 1.82) is 0 Å². The van der Waals surface area contributed by atoms with Crippen molar-refractivity contribution >= 4 is 17.3 Å². The zero-order valence-electron chi connectivity index (χ0n) is 12.4. The lowest BCUT2D eigenvalue weighted by atomic mass is 10.1. The van der Waals surface area contributed by atoms with Crippen LogP contribution in [-0.2, 0) is 0 Å². The molecule has 0 saturated heterocycles. The maximum absolute atomic E-state index is 12.6. The number of rotatable bonds is 3. The molecule has 0 aliphatic heterocycles. The summed E-state index contributed by atoms with van der Waals surface area (Å²) in [5, 5.41) is 3.08. The number of nitrogens with zero attached hydrogens (tertiary/aromatic N) is 1. The van der Waals surface area contributed by atoms with E-state index in [1.807, 2.05) is 63.4 Å². The molecule has 104 valence electrons. The van der Waals surface area contributed by atoms with Crippen molar-refractivity contribution in [3.63, 3.8) is 0 Å². The van der Waals surface area contributed by atoms with Crippen LogP contribution in [0.2, 0.25) is 0 Å². The van der Waals surface area contributed by atoms with Gasteiger partial charge < -0.3 is 10.2 Å². The van der Waals surface area contributed by atoms with Gasteiger partial charge in [-0.1, -0.05) is 17.7 Å². The van der Waals surface area contributed by atoms with Gasteiger partial charge in [-0.15, -0.1) is 0 Å². The molecule has 0 saturated carbocycles. The number of hydrogen-bond donors (Lipinski definition) is 1. The fraction of sp³-hybridized carbons (Fsp3) is 0.235. The lowest BCUT2D eigenvalue weighted by molar-refractivity contribution is 0.0992. The summed E-state index contributed by atoms with van der Waals surface area (Å²) < 4.78 is 0. The van der Waals surface area contributed by atoms with Crippen molar-refractivity contribution in [2.45, 2.75) is 13.8 Å². The van der Waals surface area contributed by atoms with Crippen molar-refractivity contribution in [3.8, 4) is 0 Å². The van der Waals surface area contributed by atoms with Crippen LogP contribution in [0.3, 0.4) is 0 Å². The number of nitrogens with one attached hydrogen (secondary N) is 1. The van der Waals surface area contributed by atoms with Crippen LogP contribution < -0.4 is 10.2 Å². The molecule has 2 aromatic carbocycles. The van der Waals surface area contributed by atoms with Crippen molar-refractivity contribution in [2.24, 2.45) is 0 Å². The highest BCUT2D eigenvalue weighted by molar-refractivity contribution is 6.06. The fourth-order valence-electron chi connectivity index (χ4n) is 2.13. The maximum atomic E-state index is 12.6. The van der Waals surface area contributed by atoms with Gasteiger partial charge in [0.15, 0.2) is 0 Å². The van der Waals surface area contributed by atoms with Gasteiger partial charge in [0.05, 0.1) is 0 Å². The first kappa shape index (κ1) is 14.1. The molecular formula is C17H20N2O. The first-order chi connectivity index (χ1) is 9.52. The van der Waals surface area contributed by atoms with Crippen LogP contribution in [0.4, 0.5) is 11.4 Å². The van der Waals surface area contributed by atoms with Gasteiger partial charge in [-0.2, -0.15) is 0 Å². The Morgan fingerprint density at radius 1 is 1.05 bits per heavy atom. The Labute approximate surface area is 120 Å². The molecule has 0 aromatic heterocycles. The molecule has 0 bridgehead atoms. The average molecular weight is 268 g/mol. The van der Waals surface area contributed by atoms with Crippen LogP contribution in [0.1, 0.15) is 21.5 Å². The summed E-state index contributed by atoms with van der Waals surface area (Å²) in [4.78, 5) is 14.2. The molecule has 2 aromatic rings. The highest BCUT2D eigenvalue weighted by Gasteiger charge is 2.15. The molecule has 1 N–H and O–H groups in total. The van der Waals surface area contributed by atoms with Crippen LogP contribution >= 0.6 is 0 Å². The summed E-state index contributed by atoms with van der Waals surface area (Å²) in [6.07, 6.45) is 0. The second-order valence-corrected chi connectivity index (χ2v) is 4.98. The fourth-order valence-corrected chi connectivity index (χ4v) is 2.13. The van der Waals surface area contributed by atoms with Gasteiger partial charge in [0, 0.05) is 31.0 Å². The molecule has 0 heterocycles. The third-order valence-corrected chi connectivity index (χ3v) is 3.47. The van der Waals surface area contributed by atoms with E-state index in [0.29, 0.717) is 0 Å². The van der Waals surface area contributed by atoms with E-state index in [4.69, 9.17) is 0 Å². The Kier molecular flexibility index (Phi) is 4.08. The molecule has 3 heteroatoms. The molecule has 0 fully saturated rings. The normalized spacial score (nSPS) is 10.2. The molecule has 20 heavy (non-hydrogen) atoms. The Bertz CT molecular complexity index is 617. The van der Waals surface area contributed by atoms with Gasteiger partial charge in [0.1, 0.15) is 0 Å². The predicted octanol–water partition coefficient (Wildman–Crippen LogP) is 3.62. The SMILES string of the molecule is CNc1ccc(C(=O)N(C)c2ccc(C)cc2)c(C)c1. The maximum Gasteiger partial charge on any atom is 0.258 e. The summed E-state index contributed by atoms with van der Waals surface area (Å²) in [5.41, 5.74) is 4.80. The van der Waals surface area contributed by atoms with Crippen LogP contribution in [0, 0.1) is 13.8 Å². The van der Waals surface area contributed by atoms with Crippen molar-refractivity contribution in [2.75, 3.05) is 24.3 Å². The highest BCUT2D eigenvalue weighted by atomic mass is 16.2. The molecule has 2 rings (SSSR count). The van der Waals surface area contributed by atoms with E-state index in [-0.39, 0.29) is 5.91 Å². The smallest absolute Gasteiger partial charge is 0.258 e. The van der Waals surface area contributed by atoms with Crippen LogP contribution in [0.25, 0.3) is 0 Å². The molecule has 0 aliphatic carbocycles. The Balaban J connectivity index is 2.28. The summed E-state index contributed by atoms with van der Waals surface area (Å²) in [6, 6.07) is 13.7. The van der Waals surface area contributed by atoms with Crippen molar-refractivity contribution in [1.82, 2.24) is 0 Å². The van der Waals surface area contributed by atoms with Gasteiger partial charge in [-0.25, -0.2) is 0 Å². The van der Waals surface area contributed by atoms with Gasteiger partial charge >= 0.3 is 0 Å². The number of carbonyl (C=O) groups excluding carboxylic acids is 1. The molecule has 0 radical (unpaired) electrons. The summed E-state index contributed by atoms with van der Waals surface area (Å²) in [5.74, 6) is 0.00834. The van der Waals surface area contributed by atoms with E-state index in [2.05, 4.69) is 5.32 Å². The first-order valence-electron chi connectivity index (χ1n) is 6.66. The molecule has 0 spiro atoms. The Morgan fingerprint density at radius 3 is 2.25 bits per heavy atom. The van der Waals surface area contributed by atoms with E-state index in [0.717, 1.165) is 22.5 Å². The zero-order valence-corrected chi connectivity index (χ0v) is 12.4. The van der Waals surface area contributed by atoms with Crippen molar-refractivity contribution < 1.29 is 4.79 Å². The van der Waals surface area contributed by atoms with Gasteiger partial charge in [-0.05, 0) is 49.7 Å². The quantitative estimate of drug-likeness (QED) is 0.922. The topological polar surface area (TPSA) is 32.3 Å². The van der Waals surface area contributed by atoms with Crippen LogP contribution in [-0.4, -0.2) is 20.0 Å². The number of carbonyl (C=O) groups is 1. The standard InChI is InChI=1S/C17H20N2O/c1-12-5-8-15(9-6-12)19(4)17(20)16-10-7-14(18-3)11-13(16)2/h5-11,18H,1-4H3.